The van der Waals surface area contributed by atoms with Gasteiger partial charge in [-0.25, -0.2) is 4.39 Å². The van der Waals surface area contributed by atoms with Gasteiger partial charge in [0.1, 0.15) is 5.76 Å². The Morgan fingerprint density at radius 2 is 2.13 bits per heavy atom. The Bertz CT molecular complexity index is 410. The minimum atomic E-state index is -0.429. The third-order valence-corrected chi connectivity index (χ3v) is 2.10. The number of rotatable bonds is 4. The van der Waals surface area contributed by atoms with Crippen LogP contribution in [0.4, 0.5) is 4.39 Å². The van der Waals surface area contributed by atoms with E-state index in [-0.39, 0.29) is 5.75 Å². The van der Waals surface area contributed by atoms with Gasteiger partial charge in [-0.2, -0.15) is 0 Å². The van der Waals surface area contributed by atoms with Gasteiger partial charge in [0.15, 0.2) is 11.6 Å². The molecule has 0 heterocycles. The lowest BCUT2D eigenvalue weighted by Gasteiger charge is -2.06. The molecule has 0 aliphatic heterocycles. The molecule has 0 N–H and O–H groups in total. The summed E-state index contributed by atoms with van der Waals surface area (Å²) in [6, 6.07) is 4.58. The fourth-order valence-corrected chi connectivity index (χ4v) is 1.28. The minimum Gasteiger partial charge on any atom is -0.454 e. The van der Waals surface area contributed by atoms with Crippen LogP contribution in [0.15, 0.2) is 59.8 Å². The van der Waals surface area contributed by atoms with Crippen LogP contribution in [0.5, 0.6) is 5.75 Å². The van der Waals surface area contributed by atoms with Gasteiger partial charge in [0, 0.05) is 4.47 Å². The molecule has 0 atom stereocenters. The molecule has 0 bridgehead atoms. The lowest BCUT2D eigenvalue weighted by Crippen LogP contribution is -1.94. The van der Waals surface area contributed by atoms with Crippen molar-refractivity contribution in [3.05, 3.63) is 65.6 Å². The summed E-state index contributed by atoms with van der Waals surface area (Å²) < 4.78 is 19.3. The quantitative estimate of drug-likeness (QED) is 0.587. The summed E-state index contributed by atoms with van der Waals surface area (Å²) in [6.45, 7) is 7.07. The molecular formula is C12H10BrFO. The van der Waals surface area contributed by atoms with Crippen LogP contribution in [-0.4, -0.2) is 0 Å². The molecule has 0 radical (unpaired) electrons. The van der Waals surface area contributed by atoms with Crippen molar-refractivity contribution in [2.75, 3.05) is 0 Å². The van der Waals surface area contributed by atoms with Gasteiger partial charge in [-0.05, 0) is 30.4 Å². The first kappa shape index (κ1) is 11.7. The fourth-order valence-electron chi connectivity index (χ4n) is 0.945. The molecule has 78 valence electrons. The van der Waals surface area contributed by atoms with Crippen molar-refractivity contribution >= 4 is 15.9 Å². The van der Waals surface area contributed by atoms with E-state index in [0.29, 0.717) is 10.2 Å². The van der Waals surface area contributed by atoms with Gasteiger partial charge in [-0.3, -0.25) is 0 Å². The number of halogens is 2. The number of hydrogen-bond donors (Lipinski definition) is 0. The molecule has 0 spiro atoms. The van der Waals surface area contributed by atoms with Crippen molar-refractivity contribution in [3.63, 3.8) is 0 Å². The van der Waals surface area contributed by atoms with Crippen molar-refractivity contribution in [1.82, 2.24) is 0 Å². The molecule has 15 heavy (non-hydrogen) atoms. The summed E-state index contributed by atoms with van der Waals surface area (Å²) in [4.78, 5) is 0. The van der Waals surface area contributed by atoms with Gasteiger partial charge in [0.25, 0.3) is 0 Å². The van der Waals surface area contributed by atoms with Crippen molar-refractivity contribution in [1.29, 1.82) is 0 Å². The SMILES string of the molecule is C=C/C=C(\C=C)Oc1ccc(Br)cc1F. The highest BCUT2D eigenvalue weighted by Crippen LogP contribution is 2.23. The van der Waals surface area contributed by atoms with Crippen LogP contribution in [0, 0.1) is 5.82 Å². The van der Waals surface area contributed by atoms with E-state index >= 15 is 0 Å². The highest BCUT2D eigenvalue weighted by molar-refractivity contribution is 9.10. The van der Waals surface area contributed by atoms with E-state index in [1.54, 1.807) is 24.3 Å². The average molecular weight is 269 g/mol. The third kappa shape index (κ3) is 3.36. The van der Waals surface area contributed by atoms with E-state index in [2.05, 4.69) is 29.1 Å². The Balaban J connectivity index is 2.93. The maximum absolute atomic E-state index is 13.3. The summed E-state index contributed by atoms with van der Waals surface area (Å²) in [5, 5.41) is 0. The van der Waals surface area contributed by atoms with Gasteiger partial charge in [0.2, 0.25) is 0 Å². The van der Waals surface area contributed by atoms with E-state index in [9.17, 15) is 4.39 Å². The maximum Gasteiger partial charge on any atom is 0.166 e. The molecule has 3 heteroatoms. The third-order valence-electron chi connectivity index (χ3n) is 1.61. The van der Waals surface area contributed by atoms with Crippen LogP contribution in [-0.2, 0) is 0 Å². The summed E-state index contributed by atoms with van der Waals surface area (Å²) in [5.41, 5.74) is 0. The molecule has 0 aliphatic rings. The molecule has 1 aromatic carbocycles. The van der Waals surface area contributed by atoms with Gasteiger partial charge in [0.05, 0.1) is 0 Å². The van der Waals surface area contributed by atoms with Gasteiger partial charge < -0.3 is 4.74 Å². The van der Waals surface area contributed by atoms with E-state index in [0.717, 1.165) is 0 Å². The lowest BCUT2D eigenvalue weighted by molar-refractivity contribution is 0.412. The highest BCUT2D eigenvalue weighted by atomic mass is 79.9. The summed E-state index contributed by atoms with van der Waals surface area (Å²) in [7, 11) is 0. The normalized spacial score (nSPS) is 10.9. The number of benzene rings is 1. The fraction of sp³-hybridized carbons (Fsp3) is 0. The standard InChI is InChI=1S/C12H10BrFO/c1-3-5-10(4-2)15-12-7-6-9(13)8-11(12)14/h3-8H,1-2H2/b10-5+. The predicted molar refractivity (Wildman–Crippen MR) is 63.2 cm³/mol. The molecule has 0 saturated heterocycles. The first-order valence-corrected chi connectivity index (χ1v) is 5.04. The van der Waals surface area contributed by atoms with Gasteiger partial charge in [-0.15, -0.1) is 0 Å². The molecule has 0 amide bonds. The Morgan fingerprint density at radius 3 is 2.67 bits per heavy atom. The Labute approximate surface area is 96.7 Å². The van der Waals surface area contributed by atoms with E-state index in [1.165, 1.54) is 12.1 Å². The topological polar surface area (TPSA) is 9.23 Å². The monoisotopic (exact) mass is 268 g/mol. The molecule has 0 unspecified atom stereocenters. The van der Waals surface area contributed by atoms with Crippen molar-refractivity contribution in [3.8, 4) is 5.75 Å². The van der Waals surface area contributed by atoms with Gasteiger partial charge in [-0.1, -0.05) is 35.2 Å². The molecule has 1 nitrogen and oxygen atoms in total. The average Bonchev–Trinajstić information content (AvgIpc) is 2.21. The second-order valence-corrected chi connectivity index (χ2v) is 3.60. The van der Waals surface area contributed by atoms with Crippen LogP contribution in [0.25, 0.3) is 0 Å². The van der Waals surface area contributed by atoms with Crippen LogP contribution in [0.1, 0.15) is 0 Å². The smallest absolute Gasteiger partial charge is 0.166 e. The summed E-state index contributed by atoms with van der Waals surface area (Å²) in [5.74, 6) is 0.179. The largest absolute Gasteiger partial charge is 0.454 e. The zero-order valence-corrected chi connectivity index (χ0v) is 9.63. The maximum atomic E-state index is 13.3. The van der Waals surface area contributed by atoms with Crippen molar-refractivity contribution < 1.29 is 9.13 Å². The van der Waals surface area contributed by atoms with Crippen LogP contribution in [0.3, 0.4) is 0 Å². The second-order valence-electron chi connectivity index (χ2n) is 2.69. The van der Waals surface area contributed by atoms with Crippen LogP contribution >= 0.6 is 15.9 Å². The molecule has 0 fully saturated rings. The number of hydrogen-bond acceptors (Lipinski definition) is 1. The molecular weight excluding hydrogens is 259 g/mol. The first-order chi connectivity index (χ1) is 7.17. The Hall–Kier alpha value is -1.35. The van der Waals surface area contributed by atoms with Gasteiger partial charge >= 0.3 is 0 Å². The first-order valence-electron chi connectivity index (χ1n) is 4.25. The number of ether oxygens (including phenoxy) is 1. The number of allylic oxidation sites excluding steroid dienone is 3. The Kier molecular flexibility index (Phi) is 4.31. The summed E-state index contributed by atoms with van der Waals surface area (Å²) in [6.07, 6.45) is 4.64. The zero-order chi connectivity index (χ0) is 11.3. The van der Waals surface area contributed by atoms with Crippen LogP contribution in [0.2, 0.25) is 0 Å². The van der Waals surface area contributed by atoms with Crippen molar-refractivity contribution in [2.24, 2.45) is 0 Å². The zero-order valence-electron chi connectivity index (χ0n) is 8.04. The molecule has 0 saturated carbocycles. The molecule has 1 rings (SSSR count). The van der Waals surface area contributed by atoms with E-state index in [4.69, 9.17) is 4.74 Å². The Morgan fingerprint density at radius 1 is 1.40 bits per heavy atom. The molecule has 0 aliphatic carbocycles. The minimum absolute atomic E-state index is 0.159. The highest BCUT2D eigenvalue weighted by Gasteiger charge is 2.04. The molecule has 1 aromatic rings. The van der Waals surface area contributed by atoms with E-state index in [1.807, 2.05) is 0 Å². The van der Waals surface area contributed by atoms with E-state index < -0.39 is 5.82 Å². The lowest BCUT2D eigenvalue weighted by atomic mass is 10.3. The molecule has 0 aromatic heterocycles. The second kappa shape index (κ2) is 5.51. The van der Waals surface area contributed by atoms with Crippen LogP contribution < -0.4 is 4.74 Å². The summed E-state index contributed by atoms with van der Waals surface area (Å²) >= 11 is 3.16. The predicted octanol–water partition coefficient (Wildman–Crippen LogP) is 4.22. The van der Waals surface area contributed by atoms with Crippen molar-refractivity contribution in [2.45, 2.75) is 0 Å².